The van der Waals surface area contributed by atoms with Crippen LogP contribution in [0, 0.1) is 0 Å². The van der Waals surface area contributed by atoms with Crippen molar-refractivity contribution in [2.75, 3.05) is 0 Å². The molecule has 0 saturated heterocycles. The third-order valence-electron chi connectivity index (χ3n) is 3.21. The molecule has 2 aromatic rings. The maximum Gasteiger partial charge on any atom is 0.323 e. The largest absolute Gasteiger partial charge is 0.480 e. The second-order valence-corrected chi connectivity index (χ2v) is 4.97. The lowest BCUT2D eigenvalue weighted by Crippen LogP contribution is -2.49. The number of nitrogens with zero attached hydrogens (tertiary/aromatic N) is 3. The summed E-state index contributed by atoms with van der Waals surface area (Å²) in [6.07, 6.45) is 2.93. The second kappa shape index (κ2) is 6.45. The quantitative estimate of drug-likeness (QED) is 0.802. The predicted molar refractivity (Wildman–Crippen MR) is 75.3 cm³/mol. The van der Waals surface area contributed by atoms with E-state index in [2.05, 4.69) is 20.4 Å². The number of aliphatic carboxylic acids is 1. The first-order valence-corrected chi connectivity index (χ1v) is 6.77. The molecule has 0 aliphatic rings. The van der Waals surface area contributed by atoms with Gasteiger partial charge < -0.3 is 9.63 Å². The van der Waals surface area contributed by atoms with Gasteiger partial charge in [0.1, 0.15) is 11.2 Å². The molecule has 0 aliphatic carbocycles. The second-order valence-electron chi connectivity index (χ2n) is 4.97. The van der Waals surface area contributed by atoms with Crippen molar-refractivity contribution in [1.82, 2.24) is 20.4 Å². The number of carboxylic acids is 1. The van der Waals surface area contributed by atoms with E-state index >= 15 is 0 Å². The molecule has 2 N–H and O–H groups in total. The maximum absolute atomic E-state index is 11.3. The minimum atomic E-state index is -1.01. The van der Waals surface area contributed by atoms with Crippen molar-refractivity contribution < 1.29 is 14.4 Å². The predicted octanol–water partition coefficient (Wildman–Crippen LogP) is 1.86. The van der Waals surface area contributed by atoms with Gasteiger partial charge in [0.25, 0.3) is 0 Å². The van der Waals surface area contributed by atoms with Gasteiger partial charge in [-0.05, 0) is 25.5 Å². The molecule has 0 fully saturated rings. The molecule has 0 saturated carbocycles. The van der Waals surface area contributed by atoms with Crippen molar-refractivity contribution in [2.45, 2.75) is 38.8 Å². The zero-order valence-electron chi connectivity index (χ0n) is 12.0. The third-order valence-corrected chi connectivity index (χ3v) is 3.21. The van der Waals surface area contributed by atoms with Crippen LogP contribution in [0.5, 0.6) is 0 Å². The number of hydrogen-bond acceptors (Lipinski definition) is 6. The van der Waals surface area contributed by atoms with Gasteiger partial charge in [0.05, 0.1) is 6.54 Å². The van der Waals surface area contributed by atoms with Gasteiger partial charge in [-0.25, -0.2) is 0 Å². The van der Waals surface area contributed by atoms with Crippen molar-refractivity contribution in [3.63, 3.8) is 0 Å². The number of carbonyl (C=O) groups is 1. The van der Waals surface area contributed by atoms with Gasteiger partial charge in [0, 0.05) is 6.20 Å². The van der Waals surface area contributed by atoms with Gasteiger partial charge >= 0.3 is 5.97 Å². The van der Waals surface area contributed by atoms with Crippen molar-refractivity contribution >= 4 is 5.97 Å². The van der Waals surface area contributed by atoms with Crippen LogP contribution in [0.2, 0.25) is 0 Å². The van der Waals surface area contributed by atoms with E-state index in [4.69, 9.17) is 4.52 Å². The summed E-state index contributed by atoms with van der Waals surface area (Å²) in [7, 11) is 0. The van der Waals surface area contributed by atoms with Crippen LogP contribution >= 0.6 is 0 Å². The van der Waals surface area contributed by atoms with Crippen LogP contribution in [0.15, 0.2) is 28.9 Å². The van der Waals surface area contributed by atoms with Crippen LogP contribution in [-0.2, 0) is 11.3 Å². The smallest absolute Gasteiger partial charge is 0.323 e. The molecule has 21 heavy (non-hydrogen) atoms. The number of carboxylic acid groups (broad SMARTS) is 1. The zero-order chi connectivity index (χ0) is 15.3. The Balaban J connectivity index is 2.04. The van der Waals surface area contributed by atoms with Crippen molar-refractivity contribution in [3.8, 4) is 11.5 Å². The Morgan fingerprint density at radius 3 is 2.90 bits per heavy atom. The number of nitrogens with one attached hydrogen (secondary N) is 1. The summed E-state index contributed by atoms with van der Waals surface area (Å²) in [6.45, 7) is 3.78. The Kier molecular flexibility index (Phi) is 4.64. The van der Waals surface area contributed by atoms with Crippen molar-refractivity contribution in [2.24, 2.45) is 0 Å². The highest BCUT2D eigenvalue weighted by molar-refractivity contribution is 5.78. The van der Waals surface area contributed by atoms with E-state index in [0.29, 0.717) is 23.8 Å². The molecule has 0 aromatic carbocycles. The molecule has 1 unspecified atom stereocenters. The molecule has 0 radical (unpaired) electrons. The lowest BCUT2D eigenvalue weighted by atomic mass is 9.96. The summed E-state index contributed by atoms with van der Waals surface area (Å²) >= 11 is 0. The normalized spacial score (nSPS) is 13.8. The first kappa shape index (κ1) is 15.1. The average Bonchev–Trinajstić information content (AvgIpc) is 2.95. The molecule has 2 aromatic heterocycles. The number of aromatic nitrogens is 3. The zero-order valence-corrected chi connectivity index (χ0v) is 12.0. The topological polar surface area (TPSA) is 101 Å². The standard InChI is InChI=1S/C14H18N4O3/c1-3-7-14(2,13(19)20)16-9-11-17-12(18-21-11)10-6-4-5-8-15-10/h4-6,8,16H,3,7,9H2,1-2H3,(H,19,20). The van der Waals surface area contributed by atoms with Gasteiger partial charge in [-0.3, -0.25) is 15.1 Å². The van der Waals surface area contributed by atoms with Gasteiger partial charge in [0.15, 0.2) is 0 Å². The van der Waals surface area contributed by atoms with Crippen LogP contribution in [0.1, 0.15) is 32.6 Å². The van der Waals surface area contributed by atoms with Gasteiger partial charge in [-0.15, -0.1) is 0 Å². The van der Waals surface area contributed by atoms with Crippen molar-refractivity contribution in [1.29, 1.82) is 0 Å². The maximum atomic E-state index is 11.3. The fourth-order valence-electron chi connectivity index (χ4n) is 1.97. The molecule has 112 valence electrons. The van der Waals surface area contributed by atoms with Crippen LogP contribution in [0.4, 0.5) is 0 Å². The summed E-state index contributed by atoms with van der Waals surface area (Å²) in [5, 5.41) is 16.1. The Labute approximate surface area is 122 Å². The lowest BCUT2D eigenvalue weighted by Gasteiger charge is -2.24. The fourth-order valence-corrected chi connectivity index (χ4v) is 1.97. The highest BCUT2D eigenvalue weighted by atomic mass is 16.5. The van der Waals surface area contributed by atoms with E-state index in [-0.39, 0.29) is 6.54 Å². The van der Waals surface area contributed by atoms with Crippen molar-refractivity contribution in [3.05, 3.63) is 30.3 Å². The summed E-state index contributed by atoms with van der Waals surface area (Å²) in [6, 6.07) is 5.41. The number of hydrogen-bond donors (Lipinski definition) is 2. The molecule has 0 bridgehead atoms. The number of pyridine rings is 1. The minimum Gasteiger partial charge on any atom is -0.480 e. The SMILES string of the molecule is CCCC(C)(NCc1nc(-c2ccccn2)no1)C(=O)O. The van der Waals surface area contributed by atoms with E-state index in [0.717, 1.165) is 6.42 Å². The van der Waals surface area contributed by atoms with Crippen LogP contribution < -0.4 is 5.32 Å². The number of rotatable bonds is 7. The summed E-state index contributed by atoms with van der Waals surface area (Å²) < 4.78 is 5.12. The highest BCUT2D eigenvalue weighted by Crippen LogP contribution is 2.15. The fraction of sp³-hybridized carbons (Fsp3) is 0.429. The summed E-state index contributed by atoms with van der Waals surface area (Å²) in [4.78, 5) is 19.7. The summed E-state index contributed by atoms with van der Waals surface area (Å²) in [5.41, 5.74) is -0.393. The molecule has 2 heterocycles. The Morgan fingerprint density at radius 2 is 2.29 bits per heavy atom. The Hall–Kier alpha value is -2.28. The van der Waals surface area contributed by atoms with E-state index < -0.39 is 11.5 Å². The molecule has 7 nitrogen and oxygen atoms in total. The lowest BCUT2D eigenvalue weighted by molar-refractivity contribution is -0.144. The molecular formula is C14H18N4O3. The molecule has 0 amide bonds. The first-order valence-electron chi connectivity index (χ1n) is 6.77. The summed E-state index contributed by atoms with van der Waals surface area (Å²) in [5.74, 6) is -0.173. The molecule has 7 heteroatoms. The van der Waals surface area contributed by atoms with Gasteiger partial charge in [-0.2, -0.15) is 4.98 Å². The highest BCUT2D eigenvalue weighted by Gasteiger charge is 2.31. The van der Waals surface area contributed by atoms with Crippen LogP contribution in [0.3, 0.4) is 0 Å². The molecule has 2 rings (SSSR count). The Morgan fingerprint density at radius 1 is 1.48 bits per heavy atom. The van der Waals surface area contributed by atoms with Crippen LogP contribution in [-0.4, -0.2) is 31.7 Å². The molecule has 0 aliphatic heterocycles. The third kappa shape index (κ3) is 3.63. The monoisotopic (exact) mass is 290 g/mol. The first-order chi connectivity index (χ1) is 10.0. The van der Waals surface area contributed by atoms with Gasteiger partial charge in [-0.1, -0.05) is 24.6 Å². The van der Waals surface area contributed by atoms with E-state index in [1.807, 2.05) is 13.0 Å². The van der Waals surface area contributed by atoms with E-state index in [1.54, 1.807) is 25.3 Å². The Bertz CT molecular complexity index is 599. The van der Waals surface area contributed by atoms with E-state index in [9.17, 15) is 9.90 Å². The molecule has 1 atom stereocenters. The molecular weight excluding hydrogens is 272 g/mol. The average molecular weight is 290 g/mol. The van der Waals surface area contributed by atoms with Crippen LogP contribution in [0.25, 0.3) is 11.5 Å². The van der Waals surface area contributed by atoms with Gasteiger partial charge in [0.2, 0.25) is 11.7 Å². The van der Waals surface area contributed by atoms with E-state index in [1.165, 1.54) is 0 Å². The minimum absolute atomic E-state index is 0.197. The molecule has 0 spiro atoms.